The summed E-state index contributed by atoms with van der Waals surface area (Å²) in [6, 6.07) is -0.375. The van der Waals surface area contributed by atoms with Gasteiger partial charge in [-0.25, -0.2) is 4.79 Å². The number of carbonyl (C=O) groups excluding carboxylic acids is 3. The number of esters is 1. The van der Waals surface area contributed by atoms with Crippen LogP contribution in [0.5, 0.6) is 0 Å². The lowest BCUT2D eigenvalue weighted by Gasteiger charge is -2.27. The maximum atomic E-state index is 12.8. The van der Waals surface area contributed by atoms with Crippen LogP contribution < -0.4 is 0 Å². The molecule has 0 spiro atoms. The van der Waals surface area contributed by atoms with Gasteiger partial charge in [-0.1, -0.05) is 0 Å². The molecule has 0 bridgehead atoms. The van der Waals surface area contributed by atoms with Gasteiger partial charge in [-0.3, -0.25) is 9.59 Å². The summed E-state index contributed by atoms with van der Waals surface area (Å²) in [7, 11) is 1.30. The van der Waals surface area contributed by atoms with Crippen molar-refractivity contribution in [1.29, 1.82) is 0 Å². The number of ether oxygens (including phenoxy) is 1. The molecule has 0 aliphatic heterocycles. The first kappa shape index (κ1) is 16.3. The molecule has 1 aliphatic carbocycles. The average molecular weight is 306 g/mol. The molecule has 1 heterocycles. The number of amides is 1. The van der Waals surface area contributed by atoms with Crippen molar-refractivity contribution in [1.82, 2.24) is 9.88 Å². The largest absolute Gasteiger partial charge is 0.464 e. The third kappa shape index (κ3) is 2.77. The van der Waals surface area contributed by atoms with Gasteiger partial charge in [0.2, 0.25) is 5.91 Å². The Morgan fingerprint density at radius 1 is 1.27 bits per heavy atom. The number of methoxy groups -OCH3 is 1. The maximum absolute atomic E-state index is 12.8. The van der Waals surface area contributed by atoms with E-state index in [0.29, 0.717) is 16.8 Å². The topological polar surface area (TPSA) is 79.5 Å². The van der Waals surface area contributed by atoms with Gasteiger partial charge in [0.05, 0.1) is 13.2 Å². The highest BCUT2D eigenvalue weighted by Gasteiger charge is 2.38. The molecule has 1 N–H and O–H groups in total. The van der Waals surface area contributed by atoms with Gasteiger partial charge in [-0.15, -0.1) is 0 Å². The normalized spacial score (nSPS) is 15.3. The number of aromatic amines is 1. The molecule has 22 heavy (non-hydrogen) atoms. The van der Waals surface area contributed by atoms with Crippen molar-refractivity contribution in [3.63, 3.8) is 0 Å². The number of ketones is 1. The van der Waals surface area contributed by atoms with Crippen LogP contribution in [0, 0.1) is 13.8 Å². The summed E-state index contributed by atoms with van der Waals surface area (Å²) in [5, 5.41) is 0. The van der Waals surface area contributed by atoms with Crippen molar-refractivity contribution >= 4 is 17.7 Å². The molecule has 0 unspecified atom stereocenters. The standard InChI is InChI=1S/C16H22N2O4/c1-8-13(9(2)17-14(8)16(21)22-5)15(20)10(3)18(11(4)19)12-6-7-12/h10,12,17H,6-7H2,1-5H3/t10-/m1/s1. The number of Topliss-reactive ketones (excluding diaryl/α,β-unsaturated/α-hetero) is 1. The van der Waals surface area contributed by atoms with E-state index in [1.807, 2.05) is 0 Å². The van der Waals surface area contributed by atoms with Gasteiger partial charge in [0.1, 0.15) is 5.69 Å². The lowest BCUT2D eigenvalue weighted by molar-refractivity contribution is -0.130. The predicted octanol–water partition coefficient (Wildman–Crippen LogP) is 2.00. The van der Waals surface area contributed by atoms with Crippen LogP contribution in [0.1, 0.15) is 58.8 Å². The minimum atomic E-state index is -0.538. The van der Waals surface area contributed by atoms with Gasteiger partial charge in [-0.05, 0) is 39.2 Å². The molecule has 0 radical (unpaired) electrons. The molecule has 1 fully saturated rings. The lowest BCUT2D eigenvalue weighted by atomic mass is 9.99. The number of aromatic nitrogens is 1. The first-order valence-electron chi connectivity index (χ1n) is 7.40. The Labute approximate surface area is 129 Å². The van der Waals surface area contributed by atoms with Gasteiger partial charge in [0, 0.05) is 24.2 Å². The quantitative estimate of drug-likeness (QED) is 0.666. The molecule has 6 heteroatoms. The van der Waals surface area contributed by atoms with E-state index in [0.717, 1.165) is 12.8 Å². The Morgan fingerprint density at radius 3 is 2.32 bits per heavy atom. The highest BCUT2D eigenvalue weighted by Crippen LogP contribution is 2.30. The number of H-pyrrole nitrogens is 1. The van der Waals surface area contributed by atoms with Crippen LogP contribution >= 0.6 is 0 Å². The van der Waals surface area contributed by atoms with Crippen LogP contribution in [-0.2, 0) is 9.53 Å². The predicted molar refractivity (Wildman–Crippen MR) is 80.9 cm³/mol. The summed E-state index contributed by atoms with van der Waals surface area (Å²) in [6.45, 7) is 6.68. The molecular formula is C16H22N2O4. The molecule has 1 saturated carbocycles. The van der Waals surface area contributed by atoms with E-state index in [2.05, 4.69) is 4.98 Å². The van der Waals surface area contributed by atoms with E-state index in [1.54, 1.807) is 25.7 Å². The fraction of sp³-hybridized carbons (Fsp3) is 0.562. The Balaban J connectivity index is 2.34. The summed E-state index contributed by atoms with van der Waals surface area (Å²) in [5.74, 6) is -0.746. The number of nitrogens with one attached hydrogen (secondary N) is 1. The summed E-state index contributed by atoms with van der Waals surface area (Å²) < 4.78 is 4.71. The molecule has 2 rings (SSSR count). The van der Waals surface area contributed by atoms with Gasteiger partial charge in [0.25, 0.3) is 0 Å². The van der Waals surface area contributed by atoms with Crippen LogP contribution in [0.3, 0.4) is 0 Å². The van der Waals surface area contributed by atoms with E-state index < -0.39 is 12.0 Å². The Bertz CT molecular complexity index is 628. The molecule has 1 aromatic heterocycles. The molecule has 1 aliphatic rings. The molecular weight excluding hydrogens is 284 g/mol. The van der Waals surface area contributed by atoms with Gasteiger partial charge < -0.3 is 14.6 Å². The second-order valence-corrected chi connectivity index (χ2v) is 5.81. The van der Waals surface area contributed by atoms with Crippen LogP contribution in [0.4, 0.5) is 0 Å². The fourth-order valence-corrected chi connectivity index (χ4v) is 2.96. The van der Waals surface area contributed by atoms with Crippen molar-refractivity contribution in [3.05, 3.63) is 22.5 Å². The van der Waals surface area contributed by atoms with Crippen LogP contribution in [-0.4, -0.2) is 46.7 Å². The zero-order valence-corrected chi connectivity index (χ0v) is 13.6. The van der Waals surface area contributed by atoms with Crippen LogP contribution in [0.15, 0.2) is 0 Å². The molecule has 0 aromatic carbocycles. The highest BCUT2D eigenvalue weighted by atomic mass is 16.5. The molecule has 6 nitrogen and oxygen atoms in total. The van der Waals surface area contributed by atoms with Gasteiger partial charge >= 0.3 is 5.97 Å². The fourth-order valence-electron chi connectivity index (χ4n) is 2.96. The molecule has 120 valence electrons. The van der Waals surface area contributed by atoms with Crippen LogP contribution in [0.25, 0.3) is 0 Å². The van der Waals surface area contributed by atoms with E-state index in [9.17, 15) is 14.4 Å². The van der Waals surface area contributed by atoms with Crippen molar-refractivity contribution in [3.8, 4) is 0 Å². The first-order valence-corrected chi connectivity index (χ1v) is 7.40. The van der Waals surface area contributed by atoms with E-state index in [-0.39, 0.29) is 23.4 Å². The highest BCUT2D eigenvalue weighted by molar-refractivity contribution is 6.06. The molecule has 0 saturated heterocycles. The lowest BCUT2D eigenvalue weighted by Crippen LogP contribution is -2.43. The third-order valence-corrected chi connectivity index (χ3v) is 4.17. The van der Waals surface area contributed by atoms with Crippen molar-refractivity contribution < 1.29 is 19.1 Å². The Hall–Kier alpha value is -2.11. The number of hydrogen-bond acceptors (Lipinski definition) is 4. The SMILES string of the molecule is COC(=O)c1[nH]c(C)c(C(=O)[C@@H](C)N(C(C)=O)C2CC2)c1C. The molecule has 1 atom stereocenters. The summed E-state index contributed by atoms with van der Waals surface area (Å²) in [4.78, 5) is 40.9. The van der Waals surface area contributed by atoms with Gasteiger partial charge in [0.15, 0.2) is 5.78 Å². The number of rotatable bonds is 5. The maximum Gasteiger partial charge on any atom is 0.354 e. The zero-order chi connectivity index (χ0) is 16.6. The summed E-state index contributed by atoms with van der Waals surface area (Å²) in [5.41, 5.74) is 1.95. The minimum Gasteiger partial charge on any atom is -0.464 e. The van der Waals surface area contributed by atoms with Crippen molar-refractivity contribution in [2.45, 2.75) is 52.6 Å². The summed E-state index contributed by atoms with van der Waals surface area (Å²) in [6.07, 6.45) is 1.88. The van der Waals surface area contributed by atoms with Crippen molar-refractivity contribution in [2.24, 2.45) is 0 Å². The smallest absolute Gasteiger partial charge is 0.354 e. The zero-order valence-electron chi connectivity index (χ0n) is 13.6. The summed E-state index contributed by atoms with van der Waals surface area (Å²) >= 11 is 0. The Morgan fingerprint density at radius 2 is 1.86 bits per heavy atom. The number of hydrogen-bond donors (Lipinski definition) is 1. The molecule has 1 amide bonds. The second-order valence-electron chi connectivity index (χ2n) is 5.81. The number of carbonyl (C=O) groups is 3. The minimum absolute atomic E-state index is 0.0950. The van der Waals surface area contributed by atoms with Crippen LogP contribution in [0.2, 0.25) is 0 Å². The van der Waals surface area contributed by atoms with E-state index in [1.165, 1.54) is 14.0 Å². The van der Waals surface area contributed by atoms with E-state index >= 15 is 0 Å². The number of nitrogens with zero attached hydrogens (tertiary/aromatic N) is 1. The van der Waals surface area contributed by atoms with Gasteiger partial charge in [-0.2, -0.15) is 0 Å². The molecule has 1 aromatic rings. The third-order valence-electron chi connectivity index (χ3n) is 4.17. The monoisotopic (exact) mass is 306 g/mol. The Kier molecular flexibility index (Phi) is 4.39. The van der Waals surface area contributed by atoms with E-state index in [4.69, 9.17) is 4.74 Å². The van der Waals surface area contributed by atoms with Crippen molar-refractivity contribution in [2.75, 3.05) is 7.11 Å². The second kappa shape index (κ2) is 5.94. The number of aryl methyl sites for hydroxylation is 1. The first-order chi connectivity index (χ1) is 10.3. The average Bonchev–Trinajstić information content (AvgIpc) is 3.23.